The number of hydrogen-bond acceptors (Lipinski definition) is 2. The molecular weight excluding hydrogens is 178 g/mol. The molecule has 2 unspecified atom stereocenters. The minimum Gasteiger partial charge on any atom is -0.350 e. The Labute approximate surface area is 84.9 Å². The first-order valence-corrected chi connectivity index (χ1v) is 4.97. The first kappa shape index (κ1) is 11.0. The third-order valence-corrected chi connectivity index (χ3v) is 3.45. The summed E-state index contributed by atoms with van der Waals surface area (Å²) in [4.78, 5) is 10.4. The minimum absolute atomic E-state index is 0.354. The fourth-order valence-corrected chi connectivity index (χ4v) is 1.87. The summed E-state index contributed by atoms with van der Waals surface area (Å²) in [5.74, 6) is 1.14. The average Bonchev–Trinajstić information content (AvgIpc) is 2.75. The van der Waals surface area contributed by atoms with Crippen LogP contribution in [0.3, 0.4) is 0 Å². The Kier molecular flexibility index (Phi) is 2.83. The van der Waals surface area contributed by atoms with Crippen LogP contribution in [0.1, 0.15) is 34.1 Å². The monoisotopic (exact) mass is 197 g/mol. The van der Waals surface area contributed by atoms with Gasteiger partial charge in [0.25, 0.3) is 0 Å². The van der Waals surface area contributed by atoms with Gasteiger partial charge in [-0.15, -0.1) is 0 Å². The van der Waals surface area contributed by atoms with Gasteiger partial charge in [0.1, 0.15) is 0 Å². The van der Waals surface area contributed by atoms with E-state index in [1.807, 2.05) is 6.92 Å². The zero-order chi connectivity index (χ0) is 10.9. The van der Waals surface area contributed by atoms with Gasteiger partial charge in [0.2, 0.25) is 0 Å². The van der Waals surface area contributed by atoms with E-state index in [0.29, 0.717) is 17.3 Å². The second kappa shape index (κ2) is 3.59. The molecular formula is C10H19N3O. The number of primary amides is 1. The SMILES string of the molecule is CC(=NNC(N)=O)C1CC1(C)C(C)C. The van der Waals surface area contributed by atoms with Gasteiger partial charge in [0.05, 0.1) is 0 Å². The molecule has 0 spiro atoms. The molecule has 0 radical (unpaired) electrons. The van der Waals surface area contributed by atoms with Crippen molar-refractivity contribution in [3.05, 3.63) is 0 Å². The molecule has 14 heavy (non-hydrogen) atoms. The van der Waals surface area contributed by atoms with E-state index in [9.17, 15) is 4.79 Å². The Morgan fingerprint density at radius 1 is 1.64 bits per heavy atom. The molecule has 0 aromatic rings. The summed E-state index contributed by atoms with van der Waals surface area (Å²) in [5, 5.41) is 3.96. The van der Waals surface area contributed by atoms with Crippen molar-refractivity contribution in [1.29, 1.82) is 0 Å². The molecule has 3 N–H and O–H groups in total. The minimum atomic E-state index is -0.601. The Hall–Kier alpha value is -1.06. The van der Waals surface area contributed by atoms with Crippen molar-refractivity contribution in [1.82, 2.24) is 5.43 Å². The first-order valence-electron chi connectivity index (χ1n) is 4.97. The van der Waals surface area contributed by atoms with Crippen molar-refractivity contribution in [2.75, 3.05) is 0 Å². The maximum atomic E-state index is 10.4. The molecule has 1 rings (SSSR count). The van der Waals surface area contributed by atoms with Crippen LogP contribution in [0.15, 0.2) is 5.10 Å². The highest BCUT2D eigenvalue weighted by molar-refractivity contribution is 5.88. The molecule has 0 aromatic heterocycles. The zero-order valence-corrected chi connectivity index (χ0v) is 9.29. The number of amides is 2. The number of urea groups is 1. The van der Waals surface area contributed by atoms with E-state index in [1.165, 1.54) is 0 Å². The maximum absolute atomic E-state index is 10.4. The Balaban J connectivity index is 2.54. The Bertz CT molecular complexity index is 273. The van der Waals surface area contributed by atoms with Crippen molar-refractivity contribution >= 4 is 11.7 Å². The summed E-state index contributed by atoms with van der Waals surface area (Å²) < 4.78 is 0. The number of nitrogens with two attached hydrogens (primary N) is 1. The smallest absolute Gasteiger partial charge is 0.332 e. The average molecular weight is 197 g/mol. The quantitative estimate of drug-likeness (QED) is 0.525. The highest BCUT2D eigenvalue weighted by Crippen LogP contribution is 2.57. The number of nitrogens with zero attached hydrogens (tertiary/aromatic N) is 1. The summed E-state index contributed by atoms with van der Waals surface area (Å²) in [6.45, 7) is 8.63. The number of hydrazone groups is 1. The molecule has 1 aliphatic carbocycles. The molecule has 2 atom stereocenters. The van der Waals surface area contributed by atoms with E-state index in [4.69, 9.17) is 5.73 Å². The molecule has 0 aromatic carbocycles. The second-order valence-corrected chi connectivity index (χ2v) is 4.65. The molecule has 1 fully saturated rings. The summed E-state index contributed by atoms with van der Waals surface area (Å²) in [6, 6.07) is -0.601. The van der Waals surface area contributed by atoms with E-state index in [2.05, 4.69) is 31.3 Å². The molecule has 80 valence electrons. The van der Waals surface area contributed by atoms with Crippen molar-refractivity contribution in [3.8, 4) is 0 Å². The number of carbonyl (C=O) groups is 1. The van der Waals surface area contributed by atoms with Gasteiger partial charge in [-0.3, -0.25) is 0 Å². The fourth-order valence-electron chi connectivity index (χ4n) is 1.87. The normalized spacial score (nSPS) is 31.8. The van der Waals surface area contributed by atoms with Crippen LogP contribution in [0.25, 0.3) is 0 Å². The molecule has 4 heteroatoms. The van der Waals surface area contributed by atoms with Gasteiger partial charge >= 0.3 is 6.03 Å². The lowest BCUT2D eigenvalue weighted by molar-refractivity contribution is 0.249. The predicted octanol–water partition coefficient (Wildman–Crippen LogP) is 1.71. The highest BCUT2D eigenvalue weighted by Gasteiger charge is 2.53. The molecule has 0 bridgehead atoms. The van der Waals surface area contributed by atoms with Crippen molar-refractivity contribution < 1.29 is 4.79 Å². The molecule has 0 saturated heterocycles. The summed E-state index contributed by atoms with van der Waals surface area (Å²) in [5.41, 5.74) is 8.53. The molecule has 1 saturated carbocycles. The van der Waals surface area contributed by atoms with Crippen LogP contribution in [0, 0.1) is 17.3 Å². The van der Waals surface area contributed by atoms with Crippen LogP contribution in [-0.2, 0) is 0 Å². The predicted molar refractivity (Wildman–Crippen MR) is 56.9 cm³/mol. The first-order chi connectivity index (χ1) is 6.38. The largest absolute Gasteiger partial charge is 0.350 e. The summed E-state index contributed by atoms with van der Waals surface area (Å²) >= 11 is 0. The molecule has 1 aliphatic rings. The van der Waals surface area contributed by atoms with Crippen LogP contribution in [0.4, 0.5) is 4.79 Å². The lowest BCUT2D eigenvalue weighted by Crippen LogP contribution is -2.26. The Morgan fingerprint density at radius 3 is 2.57 bits per heavy atom. The number of nitrogens with one attached hydrogen (secondary N) is 1. The lowest BCUT2D eigenvalue weighted by Gasteiger charge is -2.15. The van der Waals surface area contributed by atoms with Gasteiger partial charge in [-0.05, 0) is 24.7 Å². The van der Waals surface area contributed by atoms with Crippen molar-refractivity contribution in [2.24, 2.45) is 28.1 Å². The van der Waals surface area contributed by atoms with Gasteiger partial charge in [0.15, 0.2) is 0 Å². The van der Waals surface area contributed by atoms with Gasteiger partial charge in [0, 0.05) is 11.6 Å². The van der Waals surface area contributed by atoms with E-state index in [-0.39, 0.29) is 0 Å². The summed E-state index contributed by atoms with van der Waals surface area (Å²) in [7, 11) is 0. The van der Waals surface area contributed by atoms with Gasteiger partial charge in [-0.25, -0.2) is 10.2 Å². The van der Waals surface area contributed by atoms with Gasteiger partial charge < -0.3 is 5.73 Å². The van der Waals surface area contributed by atoms with Gasteiger partial charge in [-0.2, -0.15) is 5.10 Å². The Morgan fingerprint density at radius 2 is 2.21 bits per heavy atom. The molecule has 2 amide bonds. The highest BCUT2D eigenvalue weighted by atomic mass is 16.2. The second-order valence-electron chi connectivity index (χ2n) is 4.65. The van der Waals surface area contributed by atoms with E-state index in [0.717, 1.165) is 12.1 Å². The topological polar surface area (TPSA) is 67.5 Å². The molecule has 4 nitrogen and oxygen atoms in total. The van der Waals surface area contributed by atoms with E-state index >= 15 is 0 Å². The number of rotatable bonds is 3. The molecule has 0 heterocycles. The fraction of sp³-hybridized carbons (Fsp3) is 0.800. The van der Waals surface area contributed by atoms with Crippen LogP contribution >= 0.6 is 0 Å². The van der Waals surface area contributed by atoms with E-state index < -0.39 is 6.03 Å². The standard InChI is InChI=1S/C10H19N3O/c1-6(2)10(4)5-8(10)7(3)12-13-9(11)14/h6,8H,5H2,1-4H3,(H3,11,13,14). The maximum Gasteiger partial charge on any atom is 0.332 e. The third-order valence-electron chi connectivity index (χ3n) is 3.45. The third kappa shape index (κ3) is 2.05. The number of carbonyl (C=O) groups excluding carboxylic acids is 1. The summed E-state index contributed by atoms with van der Waals surface area (Å²) in [6.07, 6.45) is 1.15. The lowest BCUT2D eigenvalue weighted by atomic mass is 9.91. The van der Waals surface area contributed by atoms with Crippen LogP contribution in [0.2, 0.25) is 0 Å². The van der Waals surface area contributed by atoms with Crippen LogP contribution in [-0.4, -0.2) is 11.7 Å². The van der Waals surface area contributed by atoms with Crippen molar-refractivity contribution in [3.63, 3.8) is 0 Å². The van der Waals surface area contributed by atoms with E-state index in [1.54, 1.807) is 0 Å². The zero-order valence-electron chi connectivity index (χ0n) is 9.29. The van der Waals surface area contributed by atoms with Gasteiger partial charge in [-0.1, -0.05) is 20.8 Å². The van der Waals surface area contributed by atoms with Crippen LogP contribution < -0.4 is 11.2 Å². The molecule has 0 aliphatic heterocycles. The van der Waals surface area contributed by atoms with Crippen molar-refractivity contribution in [2.45, 2.75) is 34.1 Å². The number of hydrogen-bond donors (Lipinski definition) is 2. The van der Waals surface area contributed by atoms with Crippen LogP contribution in [0.5, 0.6) is 0 Å².